The van der Waals surface area contributed by atoms with Gasteiger partial charge in [-0.05, 0) is 37.8 Å². The molecule has 0 radical (unpaired) electrons. The summed E-state index contributed by atoms with van der Waals surface area (Å²) in [7, 11) is 0. The van der Waals surface area contributed by atoms with Gasteiger partial charge in [-0.2, -0.15) is 0 Å². The lowest BCUT2D eigenvalue weighted by Gasteiger charge is -2.35. The third-order valence-corrected chi connectivity index (χ3v) is 5.04. The van der Waals surface area contributed by atoms with Crippen molar-refractivity contribution in [1.82, 2.24) is 4.90 Å². The molecule has 3 rings (SSSR count). The molecule has 0 bridgehead atoms. The maximum Gasteiger partial charge on any atom is 0.192 e. The minimum absolute atomic E-state index is 0.341. The Morgan fingerprint density at radius 1 is 1.10 bits per heavy atom. The molecule has 2 aliphatic rings. The molecule has 0 spiro atoms. The lowest BCUT2D eigenvalue weighted by Crippen LogP contribution is -2.43. The van der Waals surface area contributed by atoms with E-state index in [-0.39, 0.29) is 0 Å². The highest BCUT2D eigenvalue weighted by Crippen LogP contribution is 2.34. The second kappa shape index (κ2) is 6.08. The molecule has 0 aromatic heterocycles. The number of nitrogens with two attached hydrogens (primary N) is 1. The fraction of sp³-hybridized carbons (Fsp3) is 0.611. The van der Waals surface area contributed by atoms with Crippen molar-refractivity contribution in [1.29, 1.82) is 0 Å². The van der Waals surface area contributed by atoms with E-state index in [1.54, 1.807) is 0 Å². The van der Waals surface area contributed by atoms with Crippen LogP contribution >= 0.6 is 0 Å². The van der Waals surface area contributed by atoms with Crippen molar-refractivity contribution in [2.45, 2.75) is 64.5 Å². The Morgan fingerprint density at radius 3 is 2.52 bits per heavy atom. The van der Waals surface area contributed by atoms with Crippen LogP contribution in [0.1, 0.15) is 61.3 Å². The van der Waals surface area contributed by atoms with Gasteiger partial charge >= 0.3 is 0 Å². The van der Waals surface area contributed by atoms with Crippen molar-refractivity contribution in [2.75, 3.05) is 6.54 Å². The molecule has 3 heteroatoms. The van der Waals surface area contributed by atoms with Gasteiger partial charge in [-0.3, -0.25) is 4.99 Å². The van der Waals surface area contributed by atoms with Crippen molar-refractivity contribution in [3.8, 4) is 0 Å². The second-order valence-electron chi connectivity index (χ2n) is 6.63. The van der Waals surface area contributed by atoms with Gasteiger partial charge in [0.15, 0.2) is 5.96 Å². The highest BCUT2D eigenvalue weighted by Gasteiger charge is 2.34. The average molecular weight is 285 g/mol. The topological polar surface area (TPSA) is 41.6 Å². The van der Waals surface area contributed by atoms with E-state index in [0.717, 1.165) is 12.5 Å². The summed E-state index contributed by atoms with van der Waals surface area (Å²) in [4.78, 5) is 7.00. The van der Waals surface area contributed by atoms with Gasteiger partial charge in [0, 0.05) is 6.04 Å². The van der Waals surface area contributed by atoms with Crippen LogP contribution in [0, 0.1) is 13.8 Å². The summed E-state index contributed by atoms with van der Waals surface area (Å²) in [5.41, 5.74) is 10.3. The van der Waals surface area contributed by atoms with Crippen LogP contribution in [0.3, 0.4) is 0 Å². The third kappa shape index (κ3) is 2.92. The number of hydrogen-bond donors (Lipinski definition) is 1. The van der Waals surface area contributed by atoms with E-state index < -0.39 is 0 Å². The fourth-order valence-corrected chi connectivity index (χ4v) is 3.85. The molecule has 1 aliphatic heterocycles. The van der Waals surface area contributed by atoms with E-state index >= 15 is 0 Å². The Labute approximate surface area is 128 Å². The van der Waals surface area contributed by atoms with Crippen LogP contribution in [0.4, 0.5) is 0 Å². The summed E-state index contributed by atoms with van der Waals surface area (Å²) < 4.78 is 0. The molecule has 1 heterocycles. The highest BCUT2D eigenvalue weighted by molar-refractivity contribution is 5.81. The fourth-order valence-electron chi connectivity index (χ4n) is 3.85. The Kier molecular flexibility index (Phi) is 4.18. The van der Waals surface area contributed by atoms with Crippen LogP contribution < -0.4 is 5.73 Å². The molecule has 1 unspecified atom stereocenters. The summed E-state index contributed by atoms with van der Waals surface area (Å²) in [6, 6.07) is 7.65. The summed E-state index contributed by atoms with van der Waals surface area (Å²) in [5.74, 6) is 0.757. The maximum atomic E-state index is 6.25. The lowest BCUT2D eigenvalue weighted by molar-refractivity contribution is 0.237. The predicted octanol–water partition coefficient (Wildman–Crippen LogP) is 3.70. The number of aliphatic imine (C=N–C) groups is 1. The Morgan fingerprint density at radius 2 is 1.81 bits per heavy atom. The van der Waals surface area contributed by atoms with Crippen molar-refractivity contribution >= 4 is 5.96 Å². The number of guanidine groups is 1. The summed E-state index contributed by atoms with van der Waals surface area (Å²) >= 11 is 0. The Bertz CT molecular complexity index is 527. The number of benzene rings is 1. The quantitative estimate of drug-likeness (QED) is 0.842. The molecule has 0 saturated heterocycles. The molecule has 1 aromatic carbocycles. The van der Waals surface area contributed by atoms with Crippen LogP contribution in [0.2, 0.25) is 0 Å². The first-order valence-electron chi connectivity index (χ1n) is 8.32. The zero-order valence-corrected chi connectivity index (χ0v) is 13.3. The van der Waals surface area contributed by atoms with Crippen molar-refractivity contribution in [2.24, 2.45) is 10.7 Å². The van der Waals surface area contributed by atoms with Gasteiger partial charge < -0.3 is 10.6 Å². The Hall–Kier alpha value is -1.51. The Balaban J connectivity index is 1.89. The van der Waals surface area contributed by atoms with E-state index in [2.05, 4.69) is 41.9 Å². The number of hydrogen-bond acceptors (Lipinski definition) is 3. The monoisotopic (exact) mass is 285 g/mol. The standard InChI is InChI=1S/C18H27N3/c1-13-9-10-14(2)16(11-13)17-12-20-18(19)21(17)15-7-5-3-4-6-8-15/h9-11,15,17H,3-8,12H2,1-2H3,(H2,19,20). The van der Waals surface area contributed by atoms with Gasteiger partial charge in [0.1, 0.15) is 0 Å². The minimum atomic E-state index is 0.341. The molecule has 21 heavy (non-hydrogen) atoms. The molecule has 114 valence electrons. The zero-order chi connectivity index (χ0) is 14.8. The number of aryl methyl sites for hydroxylation is 2. The van der Waals surface area contributed by atoms with Gasteiger partial charge in [0.2, 0.25) is 0 Å². The van der Waals surface area contributed by atoms with Gasteiger partial charge in [0.05, 0.1) is 12.6 Å². The normalized spacial score (nSPS) is 24.0. The smallest absolute Gasteiger partial charge is 0.192 e. The van der Waals surface area contributed by atoms with Gasteiger partial charge in [-0.15, -0.1) is 0 Å². The number of rotatable bonds is 2. The summed E-state index contributed by atoms with van der Waals surface area (Å²) in [5, 5.41) is 0. The molecule has 1 saturated carbocycles. The average Bonchev–Trinajstić information content (AvgIpc) is 2.69. The molecule has 2 N–H and O–H groups in total. The predicted molar refractivity (Wildman–Crippen MR) is 88.5 cm³/mol. The van der Waals surface area contributed by atoms with E-state index in [9.17, 15) is 0 Å². The van der Waals surface area contributed by atoms with E-state index in [1.165, 1.54) is 55.2 Å². The molecule has 0 amide bonds. The summed E-state index contributed by atoms with van der Waals surface area (Å²) in [6.45, 7) is 5.18. The largest absolute Gasteiger partial charge is 0.370 e. The van der Waals surface area contributed by atoms with E-state index in [4.69, 9.17) is 5.73 Å². The first-order valence-corrected chi connectivity index (χ1v) is 8.32. The van der Waals surface area contributed by atoms with Crippen molar-refractivity contribution < 1.29 is 0 Å². The van der Waals surface area contributed by atoms with Crippen LogP contribution in [0.5, 0.6) is 0 Å². The molecule has 1 aromatic rings. The molecular weight excluding hydrogens is 258 g/mol. The zero-order valence-electron chi connectivity index (χ0n) is 13.3. The van der Waals surface area contributed by atoms with E-state index in [0.29, 0.717) is 12.1 Å². The lowest BCUT2D eigenvalue weighted by atomic mass is 9.96. The molecule has 1 aliphatic carbocycles. The van der Waals surface area contributed by atoms with Crippen LogP contribution in [-0.2, 0) is 0 Å². The van der Waals surface area contributed by atoms with Gasteiger partial charge in [-0.1, -0.05) is 49.4 Å². The van der Waals surface area contributed by atoms with Gasteiger partial charge in [0.25, 0.3) is 0 Å². The molecular formula is C18H27N3. The molecule has 1 fully saturated rings. The highest BCUT2D eigenvalue weighted by atomic mass is 15.3. The molecule has 3 nitrogen and oxygen atoms in total. The first-order chi connectivity index (χ1) is 10.2. The van der Waals surface area contributed by atoms with Crippen molar-refractivity contribution in [3.63, 3.8) is 0 Å². The molecule has 1 atom stereocenters. The number of nitrogens with zero attached hydrogens (tertiary/aromatic N) is 2. The maximum absolute atomic E-state index is 6.25. The van der Waals surface area contributed by atoms with Crippen LogP contribution in [0.25, 0.3) is 0 Å². The SMILES string of the molecule is Cc1ccc(C)c(C2CN=C(N)N2C2CCCCCC2)c1. The van der Waals surface area contributed by atoms with Gasteiger partial charge in [-0.25, -0.2) is 0 Å². The van der Waals surface area contributed by atoms with Crippen LogP contribution in [-0.4, -0.2) is 23.4 Å². The summed E-state index contributed by atoms with van der Waals surface area (Å²) in [6.07, 6.45) is 7.92. The second-order valence-corrected chi connectivity index (χ2v) is 6.63. The van der Waals surface area contributed by atoms with E-state index in [1.807, 2.05) is 0 Å². The van der Waals surface area contributed by atoms with Crippen LogP contribution in [0.15, 0.2) is 23.2 Å². The minimum Gasteiger partial charge on any atom is -0.370 e. The third-order valence-electron chi connectivity index (χ3n) is 5.04. The first kappa shape index (κ1) is 14.4. The van der Waals surface area contributed by atoms with Crippen molar-refractivity contribution in [3.05, 3.63) is 34.9 Å².